The third-order valence-electron chi connectivity index (χ3n) is 2.45. The van der Waals surface area contributed by atoms with Gasteiger partial charge in [0.15, 0.2) is 0 Å². The first kappa shape index (κ1) is 16.9. The normalized spacial score (nSPS) is 13.1. The molecule has 6 nitrogen and oxygen atoms in total. The van der Waals surface area contributed by atoms with E-state index in [9.17, 15) is 9.59 Å². The quantitative estimate of drug-likeness (QED) is 0.595. The van der Waals surface area contributed by atoms with Crippen molar-refractivity contribution in [3.8, 4) is 0 Å². The van der Waals surface area contributed by atoms with Gasteiger partial charge in [-0.05, 0) is 27.7 Å². The minimum atomic E-state index is -0.985. The summed E-state index contributed by atoms with van der Waals surface area (Å²) in [6.07, 6.45) is -0.616. The topological polar surface area (TPSA) is 84.9 Å². The number of carbonyl (C=O) groups excluding carboxylic acids is 1. The maximum atomic E-state index is 11.6. The van der Waals surface area contributed by atoms with Crippen LogP contribution in [-0.4, -0.2) is 49.5 Å². The molecule has 2 N–H and O–H groups in total. The molecule has 0 aromatic heterocycles. The fourth-order valence-corrected chi connectivity index (χ4v) is 1.03. The molecule has 0 fully saturated rings. The fourth-order valence-electron chi connectivity index (χ4n) is 1.03. The lowest BCUT2D eigenvalue weighted by Gasteiger charge is -2.21. The lowest BCUT2D eigenvalue weighted by Crippen LogP contribution is -2.43. The first-order valence-corrected chi connectivity index (χ1v) is 6.01. The van der Waals surface area contributed by atoms with Gasteiger partial charge < -0.3 is 19.9 Å². The summed E-state index contributed by atoms with van der Waals surface area (Å²) in [4.78, 5) is 22.5. The number of carboxylic acids is 1. The molecule has 0 bridgehead atoms. The van der Waals surface area contributed by atoms with E-state index < -0.39 is 17.5 Å². The van der Waals surface area contributed by atoms with Crippen LogP contribution in [0.2, 0.25) is 0 Å². The monoisotopic (exact) mass is 261 g/mol. The molecule has 1 amide bonds. The molecule has 0 rings (SSSR count). The summed E-state index contributed by atoms with van der Waals surface area (Å²) in [5, 5.41) is 11.5. The summed E-state index contributed by atoms with van der Waals surface area (Å²) in [5.41, 5.74) is -0.985. The van der Waals surface area contributed by atoms with Crippen molar-refractivity contribution >= 4 is 11.9 Å². The first-order chi connectivity index (χ1) is 8.31. The van der Waals surface area contributed by atoms with Crippen LogP contribution in [0, 0.1) is 5.41 Å². The maximum Gasteiger partial charge on any atom is 0.310 e. The standard InChI is InChI=1S/C12H23NO5/c1-5-17-6-7-18-9(2)10(14)13-8-12(3,4)11(15)16/h9H,5-8H2,1-4H3,(H,13,14)(H,15,16). The molecule has 0 saturated carbocycles. The Labute approximate surface area is 108 Å². The number of carboxylic acid groups (broad SMARTS) is 1. The fraction of sp³-hybridized carbons (Fsp3) is 0.833. The summed E-state index contributed by atoms with van der Waals surface area (Å²) in [6.45, 7) is 8.06. The van der Waals surface area contributed by atoms with Gasteiger partial charge in [0.2, 0.25) is 5.91 Å². The SMILES string of the molecule is CCOCCOC(C)C(=O)NCC(C)(C)C(=O)O. The average Bonchev–Trinajstić information content (AvgIpc) is 2.31. The number of rotatable bonds is 9. The highest BCUT2D eigenvalue weighted by atomic mass is 16.5. The Balaban J connectivity index is 3.91. The molecule has 0 heterocycles. The Bertz CT molecular complexity index is 278. The number of carbonyl (C=O) groups is 2. The van der Waals surface area contributed by atoms with Gasteiger partial charge in [-0.25, -0.2) is 0 Å². The summed E-state index contributed by atoms with van der Waals surface area (Å²) >= 11 is 0. The number of amides is 1. The first-order valence-electron chi connectivity index (χ1n) is 6.01. The molecule has 0 saturated heterocycles. The zero-order valence-electron chi connectivity index (χ0n) is 11.5. The van der Waals surface area contributed by atoms with Crippen molar-refractivity contribution in [1.29, 1.82) is 0 Å². The molecular formula is C12H23NO5. The maximum absolute atomic E-state index is 11.6. The van der Waals surface area contributed by atoms with Gasteiger partial charge in [-0.3, -0.25) is 9.59 Å². The van der Waals surface area contributed by atoms with Gasteiger partial charge in [0.25, 0.3) is 0 Å². The van der Waals surface area contributed by atoms with Crippen molar-refractivity contribution in [2.24, 2.45) is 5.41 Å². The molecule has 1 atom stereocenters. The molecule has 0 aliphatic heterocycles. The average molecular weight is 261 g/mol. The number of hydrogen-bond donors (Lipinski definition) is 2. The predicted molar refractivity (Wildman–Crippen MR) is 66.3 cm³/mol. The second-order valence-corrected chi connectivity index (χ2v) is 4.62. The summed E-state index contributed by atoms with van der Waals surface area (Å²) in [7, 11) is 0. The van der Waals surface area contributed by atoms with Crippen molar-refractivity contribution in [2.75, 3.05) is 26.4 Å². The van der Waals surface area contributed by atoms with E-state index in [1.165, 1.54) is 0 Å². The van der Waals surface area contributed by atoms with Crippen molar-refractivity contribution < 1.29 is 24.2 Å². The summed E-state index contributed by atoms with van der Waals surface area (Å²) < 4.78 is 10.3. The van der Waals surface area contributed by atoms with Gasteiger partial charge in [-0.1, -0.05) is 0 Å². The van der Waals surface area contributed by atoms with E-state index in [4.69, 9.17) is 14.6 Å². The molecule has 0 spiro atoms. The van der Waals surface area contributed by atoms with E-state index in [1.54, 1.807) is 20.8 Å². The third-order valence-corrected chi connectivity index (χ3v) is 2.45. The lowest BCUT2D eigenvalue weighted by molar-refractivity contribution is -0.147. The van der Waals surface area contributed by atoms with E-state index >= 15 is 0 Å². The van der Waals surface area contributed by atoms with Gasteiger partial charge in [-0.2, -0.15) is 0 Å². The zero-order chi connectivity index (χ0) is 14.2. The van der Waals surface area contributed by atoms with Crippen LogP contribution in [0.5, 0.6) is 0 Å². The minimum absolute atomic E-state index is 0.0698. The van der Waals surface area contributed by atoms with Crippen LogP contribution in [0.25, 0.3) is 0 Å². The molecule has 6 heteroatoms. The number of nitrogens with one attached hydrogen (secondary N) is 1. The smallest absolute Gasteiger partial charge is 0.310 e. The molecule has 18 heavy (non-hydrogen) atoms. The Kier molecular flexibility index (Phi) is 7.54. The van der Waals surface area contributed by atoms with Crippen LogP contribution in [-0.2, 0) is 19.1 Å². The van der Waals surface area contributed by atoms with E-state index in [1.807, 2.05) is 6.92 Å². The number of hydrogen-bond acceptors (Lipinski definition) is 4. The van der Waals surface area contributed by atoms with Crippen molar-refractivity contribution in [2.45, 2.75) is 33.8 Å². The third kappa shape index (κ3) is 6.56. The Morgan fingerprint density at radius 2 is 1.94 bits per heavy atom. The van der Waals surface area contributed by atoms with E-state index in [0.29, 0.717) is 19.8 Å². The molecule has 106 valence electrons. The second-order valence-electron chi connectivity index (χ2n) is 4.62. The highest BCUT2D eigenvalue weighted by Crippen LogP contribution is 2.13. The van der Waals surface area contributed by atoms with Crippen LogP contribution in [0.3, 0.4) is 0 Å². The van der Waals surface area contributed by atoms with Gasteiger partial charge in [0.1, 0.15) is 6.10 Å². The Hall–Kier alpha value is -1.14. The highest BCUT2D eigenvalue weighted by Gasteiger charge is 2.28. The molecule has 0 aliphatic carbocycles. The molecular weight excluding hydrogens is 238 g/mol. The van der Waals surface area contributed by atoms with Gasteiger partial charge in [-0.15, -0.1) is 0 Å². The largest absolute Gasteiger partial charge is 0.481 e. The number of ether oxygens (including phenoxy) is 2. The van der Waals surface area contributed by atoms with Crippen molar-refractivity contribution in [3.63, 3.8) is 0 Å². The van der Waals surface area contributed by atoms with Crippen LogP contribution in [0.4, 0.5) is 0 Å². The highest BCUT2D eigenvalue weighted by molar-refractivity contribution is 5.81. The molecule has 0 aromatic carbocycles. The van der Waals surface area contributed by atoms with Crippen molar-refractivity contribution in [1.82, 2.24) is 5.32 Å². The Morgan fingerprint density at radius 3 is 2.44 bits per heavy atom. The number of aliphatic carboxylic acids is 1. The van der Waals surface area contributed by atoms with Gasteiger partial charge in [0.05, 0.1) is 18.6 Å². The summed E-state index contributed by atoms with van der Waals surface area (Å²) in [5.74, 6) is -1.27. The van der Waals surface area contributed by atoms with E-state index in [-0.39, 0.29) is 12.5 Å². The molecule has 0 aliphatic rings. The van der Waals surface area contributed by atoms with Crippen LogP contribution in [0.1, 0.15) is 27.7 Å². The van der Waals surface area contributed by atoms with Crippen LogP contribution < -0.4 is 5.32 Å². The van der Waals surface area contributed by atoms with Crippen LogP contribution >= 0.6 is 0 Å². The summed E-state index contributed by atoms with van der Waals surface area (Å²) in [6, 6.07) is 0. The Morgan fingerprint density at radius 1 is 1.33 bits per heavy atom. The zero-order valence-corrected chi connectivity index (χ0v) is 11.5. The molecule has 0 radical (unpaired) electrons. The van der Waals surface area contributed by atoms with Gasteiger partial charge >= 0.3 is 5.97 Å². The van der Waals surface area contributed by atoms with Crippen LogP contribution in [0.15, 0.2) is 0 Å². The second kappa shape index (κ2) is 8.05. The lowest BCUT2D eigenvalue weighted by atomic mass is 9.94. The molecule has 0 aromatic rings. The van der Waals surface area contributed by atoms with Gasteiger partial charge in [0, 0.05) is 13.2 Å². The van der Waals surface area contributed by atoms with Crippen molar-refractivity contribution in [3.05, 3.63) is 0 Å². The predicted octanol–water partition coefficient (Wildman–Crippen LogP) is 0.655. The van der Waals surface area contributed by atoms with E-state index in [2.05, 4.69) is 5.32 Å². The van der Waals surface area contributed by atoms with E-state index in [0.717, 1.165) is 0 Å². The minimum Gasteiger partial charge on any atom is -0.481 e. The molecule has 1 unspecified atom stereocenters.